The average Bonchev–Trinajstić information content (AvgIpc) is 2.60. The largest absolute Gasteiger partial charge is 0.495 e. The van der Waals surface area contributed by atoms with Gasteiger partial charge in [0.05, 0.1) is 34.2 Å². The van der Waals surface area contributed by atoms with Gasteiger partial charge in [-0.1, -0.05) is 0 Å². The molecule has 0 atom stereocenters. The van der Waals surface area contributed by atoms with Crippen molar-refractivity contribution in [3.05, 3.63) is 57.6 Å². The van der Waals surface area contributed by atoms with Crippen LogP contribution >= 0.6 is 0 Å². The van der Waals surface area contributed by atoms with Crippen LogP contribution < -0.4 is 10.1 Å². The van der Waals surface area contributed by atoms with E-state index in [1.54, 1.807) is 0 Å². The van der Waals surface area contributed by atoms with Crippen LogP contribution in [0, 0.1) is 21.4 Å². The summed E-state index contributed by atoms with van der Waals surface area (Å²) >= 11 is 0. The summed E-state index contributed by atoms with van der Waals surface area (Å²) in [6, 6.07) is 9.12. The standard InChI is InChI=1S/C16H13N3O6S/c1-25-15-4-3-10(9-17)5-14(15)18-16(20)11-6-12(19(21)22)8-13(7-11)26(2,23)24/h3-8H,1-2H3,(H,18,20). The second kappa shape index (κ2) is 7.20. The highest BCUT2D eigenvalue weighted by molar-refractivity contribution is 7.90. The summed E-state index contributed by atoms with van der Waals surface area (Å²) in [5.74, 6) is -0.516. The molecule has 0 radical (unpaired) electrons. The molecule has 2 aromatic rings. The molecule has 2 rings (SSSR count). The second-order valence-corrected chi connectivity index (χ2v) is 7.24. The van der Waals surface area contributed by atoms with E-state index in [1.165, 1.54) is 25.3 Å². The quantitative estimate of drug-likeness (QED) is 0.623. The van der Waals surface area contributed by atoms with Crippen molar-refractivity contribution in [2.24, 2.45) is 0 Å². The third-order valence-corrected chi connectivity index (χ3v) is 4.46. The number of nitrogens with one attached hydrogen (secondary N) is 1. The van der Waals surface area contributed by atoms with Crippen molar-refractivity contribution in [2.45, 2.75) is 4.90 Å². The number of ether oxygens (including phenoxy) is 1. The second-order valence-electron chi connectivity index (χ2n) is 5.23. The summed E-state index contributed by atoms with van der Waals surface area (Å²) < 4.78 is 28.5. The molecule has 0 heterocycles. The van der Waals surface area contributed by atoms with Crippen molar-refractivity contribution < 1.29 is 22.9 Å². The molecule has 0 fully saturated rings. The molecule has 0 aliphatic heterocycles. The lowest BCUT2D eigenvalue weighted by molar-refractivity contribution is -0.385. The van der Waals surface area contributed by atoms with Crippen LogP contribution in [-0.2, 0) is 9.84 Å². The van der Waals surface area contributed by atoms with Crippen LogP contribution in [0.25, 0.3) is 0 Å². The van der Waals surface area contributed by atoms with Gasteiger partial charge in [0.2, 0.25) is 0 Å². The Morgan fingerprint density at radius 1 is 1.27 bits per heavy atom. The number of rotatable bonds is 5. The Kier molecular flexibility index (Phi) is 5.23. The fraction of sp³-hybridized carbons (Fsp3) is 0.125. The molecule has 0 saturated heterocycles. The third kappa shape index (κ3) is 4.14. The Labute approximate surface area is 148 Å². The summed E-state index contributed by atoms with van der Waals surface area (Å²) in [4.78, 5) is 22.3. The Balaban J connectivity index is 2.49. The summed E-state index contributed by atoms with van der Waals surface area (Å²) in [6.07, 6.45) is 0.882. The number of hydrogen-bond donors (Lipinski definition) is 1. The van der Waals surface area contributed by atoms with Crippen LogP contribution in [0.3, 0.4) is 0 Å². The van der Waals surface area contributed by atoms with Crippen molar-refractivity contribution in [3.8, 4) is 11.8 Å². The number of nitriles is 1. The first-order valence-electron chi connectivity index (χ1n) is 7.04. The SMILES string of the molecule is COc1ccc(C#N)cc1NC(=O)c1cc([N+](=O)[O-])cc(S(C)(=O)=O)c1. The van der Waals surface area contributed by atoms with Gasteiger partial charge >= 0.3 is 0 Å². The normalized spacial score (nSPS) is 10.7. The molecule has 0 aliphatic carbocycles. The first-order valence-corrected chi connectivity index (χ1v) is 8.94. The fourth-order valence-electron chi connectivity index (χ4n) is 2.10. The number of benzene rings is 2. The van der Waals surface area contributed by atoms with E-state index in [4.69, 9.17) is 10.00 Å². The number of sulfone groups is 1. The number of amides is 1. The van der Waals surface area contributed by atoms with Crippen LogP contribution in [0.2, 0.25) is 0 Å². The molecule has 26 heavy (non-hydrogen) atoms. The summed E-state index contributed by atoms with van der Waals surface area (Å²) in [7, 11) is -2.40. The monoisotopic (exact) mass is 375 g/mol. The predicted octanol–water partition coefficient (Wildman–Crippen LogP) is 2.13. The van der Waals surface area contributed by atoms with Gasteiger partial charge in [0.15, 0.2) is 9.84 Å². The molecule has 9 nitrogen and oxygen atoms in total. The molecule has 134 valence electrons. The van der Waals surface area contributed by atoms with Crippen LogP contribution in [0.5, 0.6) is 5.75 Å². The molecule has 10 heteroatoms. The Morgan fingerprint density at radius 3 is 2.50 bits per heavy atom. The topological polar surface area (TPSA) is 139 Å². The Bertz CT molecular complexity index is 1040. The zero-order chi connectivity index (χ0) is 19.5. The molecule has 0 spiro atoms. The number of nitro benzene ring substituents is 1. The van der Waals surface area contributed by atoms with Crippen molar-refractivity contribution in [1.82, 2.24) is 0 Å². The minimum absolute atomic E-state index is 0.170. The van der Waals surface area contributed by atoms with Gasteiger partial charge in [-0.15, -0.1) is 0 Å². The van der Waals surface area contributed by atoms with Gasteiger partial charge in [-0.05, 0) is 24.3 Å². The average molecular weight is 375 g/mol. The molecular weight excluding hydrogens is 362 g/mol. The molecule has 0 unspecified atom stereocenters. The number of carbonyl (C=O) groups is 1. The summed E-state index contributed by atoms with van der Waals surface area (Å²) in [6.45, 7) is 0. The highest BCUT2D eigenvalue weighted by atomic mass is 32.2. The number of non-ortho nitro benzene ring substituents is 1. The lowest BCUT2D eigenvalue weighted by Crippen LogP contribution is -2.14. The molecule has 0 bridgehead atoms. The van der Waals surface area contributed by atoms with Crippen LogP contribution in [-0.4, -0.2) is 32.6 Å². The van der Waals surface area contributed by atoms with E-state index in [9.17, 15) is 23.3 Å². The third-order valence-electron chi connectivity index (χ3n) is 3.37. The van der Waals surface area contributed by atoms with Crippen LogP contribution in [0.1, 0.15) is 15.9 Å². The van der Waals surface area contributed by atoms with Crippen molar-refractivity contribution in [1.29, 1.82) is 5.26 Å². The summed E-state index contributed by atoms with van der Waals surface area (Å²) in [5.41, 5.74) is -0.319. The van der Waals surface area contributed by atoms with Gasteiger partial charge in [-0.25, -0.2) is 8.42 Å². The van der Waals surface area contributed by atoms with Gasteiger partial charge in [0.25, 0.3) is 11.6 Å². The van der Waals surface area contributed by atoms with Crippen LogP contribution in [0.4, 0.5) is 11.4 Å². The number of nitro groups is 1. The van der Waals surface area contributed by atoms with E-state index in [1.807, 2.05) is 6.07 Å². The minimum Gasteiger partial charge on any atom is -0.495 e. The van der Waals surface area contributed by atoms with Gasteiger partial charge in [-0.2, -0.15) is 5.26 Å². The molecule has 2 aromatic carbocycles. The maximum absolute atomic E-state index is 12.5. The lowest BCUT2D eigenvalue weighted by Gasteiger charge is -2.11. The maximum Gasteiger partial charge on any atom is 0.271 e. The smallest absolute Gasteiger partial charge is 0.271 e. The maximum atomic E-state index is 12.5. The minimum atomic E-state index is -3.76. The number of anilines is 1. The number of nitrogens with zero attached hydrogens (tertiary/aromatic N) is 2. The van der Waals surface area contributed by atoms with E-state index >= 15 is 0 Å². The zero-order valence-electron chi connectivity index (χ0n) is 13.7. The number of carbonyl (C=O) groups excluding carboxylic acids is 1. The number of methoxy groups -OCH3 is 1. The first-order chi connectivity index (χ1) is 12.2. The molecule has 0 saturated carbocycles. The van der Waals surface area contributed by atoms with E-state index < -0.39 is 26.4 Å². The van der Waals surface area contributed by atoms with Gasteiger partial charge in [0.1, 0.15) is 5.75 Å². The molecule has 1 N–H and O–H groups in total. The molecule has 0 aliphatic rings. The highest BCUT2D eigenvalue weighted by Gasteiger charge is 2.20. The van der Waals surface area contributed by atoms with Gasteiger partial charge in [-0.3, -0.25) is 14.9 Å². The summed E-state index contributed by atoms with van der Waals surface area (Å²) in [5, 5.41) is 22.4. The van der Waals surface area contributed by atoms with Crippen molar-refractivity contribution in [2.75, 3.05) is 18.7 Å². The lowest BCUT2D eigenvalue weighted by atomic mass is 10.1. The Hall–Kier alpha value is -3.45. The van der Waals surface area contributed by atoms with E-state index in [0.29, 0.717) is 0 Å². The fourth-order valence-corrected chi connectivity index (χ4v) is 2.78. The molecule has 1 amide bonds. The zero-order valence-corrected chi connectivity index (χ0v) is 14.5. The molecular formula is C16H13N3O6S. The Morgan fingerprint density at radius 2 is 1.96 bits per heavy atom. The highest BCUT2D eigenvalue weighted by Crippen LogP contribution is 2.27. The predicted molar refractivity (Wildman–Crippen MR) is 91.9 cm³/mol. The molecule has 0 aromatic heterocycles. The van der Waals surface area contributed by atoms with E-state index in [2.05, 4.69) is 5.32 Å². The van der Waals surface area contributed by atoms with Crippen molar-refractivity contribution >= 4 is 27.1 Å². The van der Waals surface area contributed by atoms with E-state index in [-0.39, 0.29) is 27.5 Å². The van der Waals surface area contributed by atoms with Gasteiger partial charge in [0, 0.05) is 24.0 Å². The first kappa shape index (κ1) is 18.9. The van der Waals surface area contributed by atoms with Crippen molar-refractivity contribution in [3.63, 3.8) is 0 Å². The van der Waals surface area contributed by atoms with Gasteiger partial charge < -0.3 is 10.1 Å². The van der Waals surface area contributed by atoms with Crippen LogP contribution in [0.15, 0.2) is 41.3 Å². The number of hydrogen-bond acceptors (Lipinski definition) is 7. The van der Waals surface area contributed by atoms with E-state index in [0.717, 1.165) is 24.5 Å².